The Morgan fingerprint density at radius 2 is 1.67 bits per heavy atom. The van der Waals surface area contributed by atoms with Gasteiger partial charge in [0.25, 0.3) is 0 Å². The van der Waals surface area contributed by atoms with Crippen LogP contribution >= 0.6 is 0 Å². The molecule has 1 aromatic carbocycles. The van der Waals surface area contributed by atoms with Crippen LogP contribution in [-0.2, 0) is 12.6 Å². The molecule has 2 N–H and O–H groups in total. The number of nitrogen functional groups attached to an aromatic ring is 1. The van der Waals surface area contributed by atoms with Gasteiger partial charge < -0.3 is 5.73 Å². The first-order valence-corrected chi connectivity index (χ1v) is 5.32. The van der Waals surface area contributed by atoms with Crippen molar-refractivity contribution < 1.29 is 13.2 Å². The van der Waals surface area contributed by atoms with Gasteiger partial charge >= 0.3 is 6.18 Å². The van der Waals surface area contributed by atoms with Crippen molar-refractivity contribution in [1.82, 2.24) is 4.98 Å². The minimum atomic E-state index is -4.29. The van der Waals surface area contributed by atoms with Crippen LogP contribution in [0.2, 0.25) is 0 Å². The number of nitrogens with zero attached hydrogens (tertiary/aromatic N) is 1. The van der Waals surface area contributed by atoms with E-state index in [1.165, 1.54) is 12.1 Å². The number of nitrogens with two attached hydrogens (primary N) is 1. The van der Waals surface area contributed by atoms with E-state index in [2.05, 4.69) is 4.98 Å². The molecule has 0 bridgehead atoms. The fourth-order valence-electron chi connectivity index (χ4n) is 1.65. The molecule has 5 heteroatoms. The molecule has 0 radical (unpaired) electrons. The molecular weight excluding hydrogens is 241 g/mol. The van der Waals surface area contributed by atoms with Gasteiger partial charge in [0.1, 0.15) is 5.82 Å². The molecule has 1 aromatic heterocycles. The van der Waals surface area contributed by atoms with Crippen molar-refractivity contribution in [2.45, 2.75) is 12.6 Å². The summed E-state index contributed by atoms with van der Waals surface area (Å²) in [5, 5.41) is 0. The monoisotopic (exact) mass is 252 g/mol. The lowest BCUT2D eigenvalue weighted by Gasteiger charge is -2.07. The number of rotatable bonds is 2. The molecule has 2 nitrogen and oxygen atoms in total. The van der Waals surface area contributed by atoms with Gasteiger partial charge in [-0.3, -0.25) is 0 Å². The van der Waals surface area contributed by atoms with E-state index in [0.717, 1.165) is 23.3 Å². The summed E-state index contributed by atoms with van der Waals surface area (Å²) in [5.74, 6) is 0.402. The maximum atomic E-state index is 12.4. The minimum Gasteiger partial charge on any atom is -0.384 e. The van der Waals surface area contributed by atoms with Gasteiger partial charge in [-0.2, -0.15) is 13.2 Å². The molecule has 0 unspecified atom stereocenters. The van der Waals surface area contributed by atoms with Crippen LogP contribution in [-0.4, -0.2) is 4.98 Å². The fourth-order valence-corrected chi connectivity index (χ4v) is 1.65. The minimum absolute atomic E-state index is 0.402. The number of hydrogen-bond acceptors (Lipinski definition) is 2. The Hall–Kier alpha value is -2.04. The summed E-state index contributed by atoms with van der Waals surface area (Å²) >= 11 is 0. The van der Waals surface area contributed by atoms with Crippen LogP contribution in [0, 0.1) is 0 Å². The van der Waals surface area contributed by atoms with Crippen molar-refractivity contribution in [3.63, 3.8) is 0 Å². The molecule has 0 aliphatic carbocycles. The van der Waals surface area contributed by atoms with Gasteiger partial charge in [-0.1, -0.05) is 12.1 Å². The number of anilines is 1. The highest BCUT2D eigenvalue weighted by Crippen LogP contribution is 2.29. The van der Waals surface area contributed by atoms with E-state index in [1.54, 1.807) is 18.3 Å². The Labute approximate surface area is 102 Å². The van der Waals surface area contributed by atoms with Gasteiger partial charge in [0, 0.05) is 6.20 Å². The largest absolute Gasteiger partial charge is 0.416 e. The van der Waals surface area contributed by atoms with Crippen LogP contribution in [0.1, 0.15) is 16.7 Å². The summed E-state index contributed by atoms with van der Waals surface area (Å²) in [7, 11) is 0. The Bertz CT molecular complexity index is 533. The summed E-state index contributed by atoms with van der Waals surface area (Å²) in [4.78, 5) is 3.86. The highest BCUT2D eigenvalue weighted by Gasteiger charge is 2.29. The van der Waals surface area contributed by atoms with E-state index in [4.69, 9.17) is 5.73 Å². The molecule has 0 atom stereocenters. The zero-order chi connectivity index (χ0) is 13.2. The SMILES string of the molecule is Nc1cc(Cc2ccc(C(F)(F)F)cc2)ccn1. The van der Waals surface area contributed by atoms with Crippen LogP contribution in [0.25, 0.3) is 0 Å². The van der Waals surface area contributed by atoms with Crippen molar-refractivity contribution in [3.8, 4) is 0 Å². The second-order valence-electron chi connectivity index (χ2n) is 3.96. The average molecular weight is 252 g/mol. The first-order chi connectivity index (χ1) is 8.45. The lowest BCUT2D eigenvalue weighted by Crippen LogP contribution is -2.04. The molecule has 2 rings (SSSR count). The molecule has 0 saturated heterocycles. The highest BCUT2D eigenvalue weighted by atomic mass is 19.4. The Balaban J connectivity index is 2.16. The quantitative estimate of drug-likeness (QED) is 0.890. The van der Waals surface area contributed by atoms with E-state index < -0.39 is 11.7 Å². The number of hydrogen-bond donors (Lipinski definition) is 1. The molecule has 18 heavy (non-hydrogen) atoms. The van der Waals surface area contributed by atoms with Crippen LogP contribution in [0.15, 0.2) is 42.6 Å². The second kappa shape index (κ2) is 4.68. The highest BCUT2D eigenvalue weighted by molar-refractivity contribution is 5.35. The summed E-state index contributed by atoms with van der Waals surface area (Å²) < 4.78 is 37.1. The van der Waals surface area contributed by atoms with Crippen molar-refractivity contribution in [2.24, 2.45) is 0 Å². The molecule has 0 aliphatic rings. The molecule has 1 heterocycles. The van der Waals surface area contributed by atoms with E-state index in [9.17, 15) is 13.2 Å². The third-order valence-electron chi connectivity index (χ3n) is 2.54. The summed E-state index contributed by atoms with van der Waals surface area (Å²) in [6.45, 7) is 0. The van der Waals surface area contributed by atoms with Gasteiger partial charge in [-0.05, 0) is 41.8 Å². The van der Waals surface area contributed by atoms with Crippen molar-refractivity contribution in [2.75, 3.05) is 5.73 Å². The first kappa shape index (κ1) is 12.4. The van der Waals surface area contributed by atoms with Gasteiger partial charge in [0.15, 0.2) is 0 Å². The van der Waals surface area contributed by atoms with E-state index in [0.29, 0.717) is 12.2 Å². The van der Waals surface area contributed by atoms with Crippen LogP contribution < -0.4 is 5.73 Å². The third-order valence-corrected chi connectivity index (χ3v) is 2.54. The van der Waals surface area contributed by atoms with Gasteiger partial charge in [-0.25, -0.2) is 4.98 Å². The number of halogens is 3. The second-order valence-corrected chi connectivity index (χ2v) is 3.96. The van der Waals surface area contributed by atoms with Crippen molar-refractivity contribution in [3.05, 3.63) is 59.3 Å². The van der Waals surface area contributed by atoms with Crippen molar-refractivity contribution >= 4 is 5.82 Å². The Morgan fingerprint density at radius 1 is 1.00 bits per heavy atom. The molecule has 0 saturated carbocycles. The lowest BCUT2D eigenvalue weighted by atomic mass is 10.0. The third kappa shape index (κ3) is 3.00. The zero-order valence-electron chi connectivity index (χ0n) is 9.41. The Morgan fingerprint density at radius 3 is 2.22 bits per heavy atom. The first-order valence-electron chi connectivity index (χ1n) is 5.32. The molecular formula is C13H11F3N2. The average Bonchev–Trinajstić information content (AvgIpc) is 2.28. The van der Waals surface area contributed by atoms with Crippen LogP contribution in [0.4, 0.5) is 19.0 Å². The number of benzene rings is 1. The van der Waals surface area contributed by atoms with Crippen molar-refractivity contribution in [1.29, 1.82) is 0 Å². The zero-order valence-corrected chi connectivity index (χ0v) is 9.41. The van der Waals surface area contributed by atoms with Crippen LogP contribution in [0.3, 0.4) is 0 Å². The van der Waals surface area contributed by atoms with Gasteiger partial charge in [-0.15, -0.1) is 0 Å². The van der Waals surface area contributed by atoms with E-state index >= 15 is 0 Å². The summed E-state index contributed by atoms with van der Waals surface area (Å²) in [5.41, 5.74) is 6.61. The molecule has 2 aromatic rings. The predicted molar refractivity (Wildman–Crippen MR) is 62.9 cm³/mol. The van der Waals surface area contributed by atoms with Gasteiger partial charge in [0.05, 0.1) is 5.56 Å². The molecule has 0 amide bonds. The topological polar surface area (TPSA) is 38.9 Å². The molecule has 0 spiro atoms. The smallest absolute Gasteiger partial charge is 0.384 e. The van der Waals surface area contributed by atoms with Gasteiger partial charge in [0.2, 0.25) is 0 Å². The maximum Gasteiger partial charge on any atom is 0.416 e. The Kier molecular flexibility index (Phi) is 3.23. The summed E-state index contributed by atoms with van der Waals surface area (Å²) in [6.07, 6.45) is -2.18. The normalized spacial score (nSPS) is 11.5. The number of alkyl halides is 3. The summed E-state index contributed by atoms with van der Waals surface area (Å²) in [6, 6.07) is 8.60. The molecule has 0 aliphatic heterocycles. The molecule has 0 fully saturated rings. The van der Waals surface area contributed by atoms with E-state index in [-0.39, 0.29) is 0 Å². The number of pyridine rings is 1. The predicted octanol–water partition coefficient (Wildman–Crippen LogP) is 3.27. The maximum absolute atomic E-state index is 12.4. The van der Waals surface area contributed by atoms with E-state index in [1.807, 2.05) is 0 Å². The fraction of sp³-hybridized carbons (Fsp3) is 0.154. The number of aromatic nitrogens is 1. The molecule has 94 valence electrons. The standard InChI is InChI=1S/C13H11F3N2/c14-13(15,16)11-3-1-9(2-4-11)7-10-5-6-18-12(17)8-10/h1-6,8H,7H2,(H2,17,18). The lowest BCUT2D eigenvalue weighted by molar-refractivity contribution is -0.137. The van der Waals surface area contributed by atoms with Crippen LogP contribution in [0.5, 0.6) is 0 Å².